The molecular formula is C23H27FN6OS. The first-order valence-corrected chi connectivity index (χ1v) is 11.1. The van der Waals surface area contributed by atoms with Crippen LogP contribution in [0.15, 0.2) is 35.5 Å². The number of aromatic nitrogens is 1. The fourth-order valence-corrected chi connectivity index (χ4v) is 5.31. The number of halogens is 1. The summed E-state index contributed by atoms with van der Waals surface area (Å²) in [5.41, 5.74) is 13.0. The summed E-state index contributed by atoms with van der Waals surface area (Å²) >= 11 is 1.63. The van der Waals surface area contributed by atoms with E-state index in [1.165, 1.54) is 18.3 Å². The van der Waals surface area contributed by atoms with Gasteiger partial charge in [-0.15, -0.1) is 11.8 Å². The van der Waals surface area contributed by atoms with Gasteiger partial charge in [-0.1, -0.05) is 0 Å². The summed E-state index contributed by atoms with van der Waals surface area (Å²) in [4.78, 5) is 21.6. The Morgan fingerprint density at radius 2 is 2.06 bits per heavy atom. The van der Waals surface area contributed by atoms with Gasteiger partial charge in [0, 0.05) is 22.7 Å². The second kappa shape index (κ2) is 8.88. The highest BCUT2D eigenvalue weighted by Gasteiger charge is 2.46. The van der Waals surface area contributed by atoms with Crippen molar-refractivity contribution in [1.82, 2.24) is 4.98 Å². The van der Waals surface area contributed by atoms with E-state index in [0.29, 0.717) is 41.2 Å². The number of carbonyl (C=O) groups excluding carboxylic acids is 1. The summed E-state index contributed by atoms with van der Waals surface area (Å²) in [6.07, 6.45) is 1.97. The van der Waals surface area contributed by atoms with E-state index in [-0.39, 0.29) is 15.7 Å². The van der Waals surface area contributed by atoms with Crippen molar-refractivity contribution < 1.29 is 9.18 Å². The number of nitriles is 1. The van der Waals surface area contributed by atoms with E-state index in [9.17, 15) is 4.79 Å². The van der Waals surface area contributed by atoms with Gasteiger partial charge in [0.2, 0.25) is 0 Å². The Morgan fingerprint density at radius 3 is 2.69 bits per heavy atom. The molecule has 1 unspecified atom stereocenters. The first-order chi connectivity index (χ1) is 15.0. The molecule has 2 atom stereocenters. The molecule has 1 aromatic heterocycles. The van der Waals surface area contributed by atoms with E-state index in [0.717, 1.165) is 0 Å². The van der Waals surface area contributed by atoms with Gasteiger partial charge in [-0.2, -0.15) is 5.26 Å². The predicted octanol–water partition coefficient (Wildman–Crippen LogP) is 3.47. The molecule has 1 aliphatic rings. The summed E-state index contributed by atoms with van der Waals surface area (Å²) in [5.74, 6) is -0.447. The lowest BCUT2D eigenvalue weighted by molar-refractivity contribution is 0.102. The van der Waals surface area contributed by atoms with Crippen LogP contribution in [0, 0.1) is 24.1 Å². The highest BCUT2D eigenvalue weighted by molar-refractivity contribution is 8.02. The molecule has 0 spiro atoms. The van der Waals surface area contributed by atoms with Crippen molar-refractivity contribution in [3.8, 4) is 6.07 Å². The van der Waals surface area contributed by atoms with E-state index in [1.54, 1.807) is 30.8 Å². The van der Waals surface area contributed by atoms with Crippen molar-refractivity contribution in [2.75, 3.05) is 11.9 Å². The molecule has 1 amide bonds. The van der Waals surface area contributed by atoms with E-state index in [4.69, 9.17) is 21.7 Å². The number of nitrogens with one attached hydrogen (secondary N) is 1. The average molecular weight is 455 g/mol. The monoisotopic (exact) mass is 454 g/mol. The van der Waals surface area contributed by atoms with Crippen LogP contribution >= 0.6 is 11.8 Å². The van der Waals surface area contributed by atoms with Crippen molar-refractivity contribution in [1.29, 1.82) is 5.26 Å². The lowest BCUT2D eigenvalue weighted by Crippen LogP contribution is -2.49. The first kappa shape index (κ1) is 23.7. The third-order valence-corrected chi connectivity index (χ3v) is 7.43. The molecular weight excluding hydrogens is 427 g/mol. The van der Waals surface area contributed by atoms with Crippen molar-refractivity contribution >= 4 is 29.2 Å². The number of hydrogen-bond acceptors (Lipinski definition) is 7. The molecule has 2 heterocycles. The number of thioether (sulfide) groups is 1. The Labute approximate surface area is 191 Å². The topological polar surface area (TPSA) is 130 Å². The van der Waals surface area contributed by atoms with Gasteiger partial charge in [0.15, 0.2) is 0 Å². The van der Waals surface area contributed by atoms with Crippen molar-refractivity contribution in [3.05, 3.63) is 58.7 Å². The van der Waals surface area contributed by atoms with E-state index < -0.39 is 17.3 Å². The van der Waals surface area contributed by atoms with Gasteiger partial charge in [-0.25, -0.2) is 9.37 Å². The van der Waals surface area contributed by atoms with Crippen LogP contribution in [0.5, 0.6) is 0 Å². The van der Waals surface area contributed by atoms with Crippen LogP contribution in [-0.4, -0.2) is 33.3 Å². The second-order valence-electron chi connectivity index (χ2n) is 8.49. The van der Waals surface area contributed by atoms with Crippen LogP contribution in [0.3, 0.4) is 0 Å². The molecule has 0 bridgehead atoms. The minimum atomic E-state index is -0.947. The second-order valence-corrected chi connectivity index (χ2v) is 10.3. The van der Waals surface area contributed by atoms with Gasteiger partial charge in [-0.05, 0) is 70.5 Å². The first-order valence-electron chi connectivity index (χ1n) is 10.2. The minimum Gasteiger partial charge on any atom is -0.386 e. The number of aliphatic imine (C=N–C) groups is 1. The largest absolute Gasteiger partial charge is 0.386 e. The number of anilines is 1. The molecule has 1 aromatic carbocycles. The lowest BCUT2D eigenvalue weighted by Gasteiger charge is -2.44. The van der Waals surface area contributed by atoms with E-state index in [1.807, 2.05) is 26.8 Å². The van der Waals surface area contributed by atoms with Crippen molar-refractivity contribution in [2.24, 2.45) is 16.5 Å². The summed E-state index contributed by atoms with van der Waals surface area (Å²) < 4.78 is 14.6. The fraction of sp³-hybridized carbons (Fsp3) is 0.391. The van der Waals surface area contributed by atoms with Crippen molar-refractivity contribution in [2.45, 2.75) is 49.7 Å². The number of aryl methyl sites for hydroxylation is 1. The molecule has 2 aromatic rings. The molecule has 9 heteroatoms. The summed E-state index contributed by atoms with van der Waals surface area (Å²) in [5, 5.41) is 11.7. The van der Waals surface area contributed by atoms with Gasteiger partial charge in [-0.3, -0.25) is 9.79 Å². The van der Waals surface area contributed by atoms with Crippen LogP contribution in [0.4, 0.5) is 10.1 Å². The summed E-state index contributed by atoms with van der Waals surface area (Å²) in [7, 11) is 0. The summed E-state index contributed by atoms with van der Waals surface area (Å²) in [6.45, 7) is 7.95. The SMILES string of the molecule is Cc1cc(C#N)cnc1C(=O)Nc1ccc(F)c([C@@]2(C)N=C(N)C(C)(C)SC2CCN)c1. The number of nitrogens with two attached hydrogens (primary N) is 2. The smallest absolute Gasteiger partial charge is 0.274 e. The third-order valence-electron chi connectivity index (χ3n) is 5.65. The van der Waals surface area contributed by atoms with E-state index >= 15 is 4.39 Å². The molecule has 168 valence electrons. The standard InChI is InChI=1S/C23H27FN6OS/c1-13-9-14(11-26)12-28-19(13)20(31)29-15-5-6-17(24)16(10-15)23(4)18(7-8-25)32-22(2,3)21(27)30-23/h5-6,9-10,12,18H,7-8,25H2,1-4H3,(H2,27,30)(H,29,31)/t18?,23-/m1/s1. The number of amides is 1. The third kappa shape index (κ3) is 4.47. The van der Waals surface area contributed by atoms with Crippen LogP contribution in [0.2, 0.25) is 0 Å². The lowest BCUT2D eigenvalue weighted by atomic mass is 9.85. The molecule has 32 heavy (non-hydrogen) atoms. The Hall–Kier alpha value is -2.96. The molecule has 3 rings (SSSR count). The molecule has 0 radical (unpaired) electrons. The molecule has 0 saturated carbocycles. The maximum atomic E-state index is 15.0. The Balaban J connectivity index is 1.99. The quantitative estimate of drug-likeness (QED) is 0.634. The molecule has 0 saturated heterocycles. The van der Waals surface area contributed by atoms with Crippen LogP contribution in [0.25, 0.3) is 0 Å². The number of hydrogen-bond donors (Lipinski definition) is 3. The fourth-order valence-electron chi connectivity index (χ4n) is 3.77. The molecule has 5 N–H and O–H groups in total. The number of amidine groups is 1. The van der Waals surface area contributed by atoms with Crippen molar-refractivity contribution in [3.63, 3.8) is 0 Å². The van der Waals surface area contributed by atoms with Gasteiger partial charge in [0.1, 0.15) is 23.4 Å². The Morgan fingerprint density at radius 1 is 1.34 bits per heavy atom. The van der Waals surface area contributed by atoms with Gasteiger partial charge < -0.3 is 16.8 Å². The number of benzene rings is 1. The van der Waals surface area contributed by atoms with E-state index in [2.05, 4.69) is 10.3 Å². The highest BCUT2D eigenvalue weighted by Crippen LogP contribution is 2.48. The van der Waals surface area contributed by atoms with Gasteiger partial charge in [0.25, 0.3) is 5.91 Å². The van der Waals surface area contributed by atoms with Crippen LogP contribution in [0.1, 0.15) is 54.4 Å². The minimum absolute atomic E-state index is 0.0994. The zero-order valence-corrected chi connectivity index (χ0v) is 19.4. The van der Waals surface area contributed by atoms with Gasteiger partial charge in [0.05, 0.1) is 15.8 Å². The molecule has 0 aliphatic carbocycles. The Kier molecular flexibility index (Phi) is 6.58. The number of rotatable bonds is 5. The number of pyridine rings is 1. The zero-order valence-electron chi connectivity index (χ0n) is 18.6. The molecule has 7 nitrogen and oxygen atoms in total. The maximum absolute atomic E-state index is 15.0. The Bertz CT molecular complexity index is 1130. The predicted molar refractivity (Wildman–Crippen MR) is 126 cm³/mol. The number of nitrogens with zero attached hydrogens (tertiary/aromatic N) is 3. The number of carbonyl (C=O) groups is 1. The molecule has 1 aliphatic heterocycles. The average Bonchev–Trinajstić information content (AvgIpc) is 2.73. The normalized spacial score (nSPS) is 22.0. The summed E-state index contributed by atoms with van der Waals surface area (Å²) in [6, 6.07) is 7.97. The van der Waals surface area contributed by atoms with Crippen LogP contribution < -0.4 is 16.8 Å². The highest BCUT2D eigenvalue weighted by atomic mass is 32.2. The maximum Gasteiger partial charge on any atom is 0.274 e. The van der Waals surface area contributed by atoms with Crippen LogP contribution in [-0.2, 0) is 5.54 Å². The zero-order chi connectivity index (χ0) is 23.7. The van der Waals surface area contributed by atoms with Gasteiger partial charge >= 0.3 is 0 Å². The molecule has 0 fully saturated rings.